The summed E-state index contributed by atoms with van der Waals surface area (Å²) in [6.07, 6.45) is 3.31. The van der Waals surface area contributed by atoms with E-state index in [2.05, 4.69) is 17.6 Å². The summed E-state index contributed by atoms with van der Waals surface area (Å²) in [6.45, 7) is 2.82. The zero-order valence-electron chi connectivity index (χ0n) is 16.6. The van der Waals surface area contributed by atoms with Crippen LogP contribution in [0.25, 0.3) is 0 Å². The summed E-state index contributed by atoms with van der Waals surface area (Å²) in [6, 6.07) is 6.28. The van der Waals surface area contributed by atoms with E-state index < -0.39 is 21.4 Å². The van der Waals surface area contributed by atoms with Crippen LogP contribution in [0.3, 0.4) is 0 Å². The fourth-order valence-corrected chi connectivity index (χ4v) is 5.19. The highest BCUT2D eigenvalue weighted by molar-refractivity contribution is 7.91. The molecular formula is C20H27N3O5S. The fourth-order valence-electron chi connectivity index (χ4n) is 3.67. The summed E-state index contributed by atoms with van der Waals surface area (Å²) in [5, 5.41) is 5.57. The third-order valence-electron chi connectivity index (χ3n) is 5.55. The van der Waals surface area contributed by atoms with Crippen molar-refractivity contribution in [3.8, 4) is 0 Å². The summed E-state index contributed by atoms with van der Waals surface area (Å²) in [5.41, 5.74) is 0.133. The Kier molecular flexibility index (Phi) is 6.26. The molecule has 158 valence electrons. The van der Waals surface area contributed by atoms with Crippen molar-refractivity contribution in [2.45, 2.75) is 51.1 Å². The van der Waals surface area contributed by atoms with E-state index >= 15 is 0 Å². The van der Waals surface area contributed by atoms with E-state index in [1.54, 1.807) is 24.3 Å². The molecule has 29 heavy (non-hydrogen) atoms. The molecule has 0 radical (unpaired) electrons. The van der Waals surface area contributed by atoms with Crippen LogP contribution in [0.1, 0.15) is 54.9 Å². The first kappa shape index (κ1) is 21.3. The number of carbonyl (C=O) groups excluding carboxylic acids is 3. The van der Waals surface area contributed by atoms with Gasteiger partial charge in [0.05, 0.1) is 18.1 Å². The zero-order chi connectivity index (χ0) is 21.1. The Bertz CT molecular complexity index is 881. The topological polar surface area (TPSA) is 113 Å². The molecule has 0 aromatic heterocycles. The number of amides is 4. The van der Waals surface area contributed by atoms with Gasteiger partial charge in [0.1, 0.15) is 5.54 Å². The van der Waals surface area contributed by atoms with Gasteiger partial charge in [-0.25, -0.2) is 13.2 Å². The molecule has 1 aromatic rings. The third kappa shape index (κ3) is 4.77. The summed E-state index contributed by atoms with van der Waals surface area (Å²) in [5.74, 6) is -0.732. The van der Waals surface area contributed by atoms with Gasteiger partial charge in [-0.3, -0.25) is 14.5 Å². The maximum Gasteiger partial charge on any atom is 0.325 e. The van der Waals surface area contributed by atoms with Crippen LogP contribution in [0.2, 0.25) is 0 Å². The lowest BCUT2D eigenvalue weighted by Gasteiger charge is -2.30. The molecule has 2 aliphatic heterocycles. The van der Waals surface area contributed by atoms with Crippen molar-refractivity contribution < 1.29 is 22.8 Å². The molecule has 2 N–H and O–H groups in total. The molecule has 0 atom stereocenters. The van der Waals surface area contributed by atoms with Gasteiger partial charge in [0, 0.05) is 12.1 Å². The summed E-state index contributed by atoms with van der Waals surface area (Å²) < 4.78 is 23.3. The Labute approximate surface area is 170 Å². The number of unbranched alkanes of at least 4 members (excludes halogenated alkanes) is 2. The van der Waals surface area contributed by atoms with Gasteiger partial charge in [-0.1, -0.05) is 31.9 Å². The molecule has 0 unspecified atom stereocenters. The van der Waals surface area contributed by atoms with Crippen LogP contribution in [-0.4, -0.2) is 54.8 Å². The number of urea groups is 1. The van der Waals surface area contributed by atoms with Crippen LogP contribution in [0.15, 0.2) is 24.3 Å². The van der Waals surface area contributed by atoms with Crippen LogP contribution in [0, 0.1) is 0 Å². The van der Waals surface area contributed by atoms with E-state index in [4.69, 9.17) is 0 Å². The van der Waals surface area contributed by atoms with Crippen molar-refractivity contribution in [3.05, 3.63) is 35.4 Å². The van der Waals surface area contributed by atoms with Crippen molar-refractivity contribution in [1.82, 2.24) is 15.5 Å². The average molecular weight is 422 g/mol. The fraction of sp³-hybridized carbons (Fsp3) is 0.550. The van der Waals surface area contributed by atoms with Gasteiger partial charge in [0.15, 0.2) is 9.84 Å². The molecule has 2 fully saturated rings. The number of sulfone groups is 1. The molecule has 1 spiro atoms. The van der Waals surface area contributed by atoms with Crippen LogP contribution >= 0.6 is 0 Å². The number of nitrogens with one attached hydrogen (secondary N) is 2. The maximum absolute atomic E-state index is 12.8. The van der Waals surface area contributed by atoms with Crippen molar-refractivity contribution in [2.24, 2.45) is 0 Å². The van der Waals surface area contributed by atoms with Gasteiger partial charge in [-0.05, 0) is 37.0 Å². The zero-order valence-corrected chi connectivity index (χ0v) is 17.4. The van der Waals surface area contributed by atoms with Crippen LogP contribution in [-0.2, 0) is 21.2 Å². The maximum atomic E-state index is 12.8. The van der Waals surface area contributed by atoms with E-state index in [0.717, 1.165) is 29.7 Å². The van der Waals surface area contributed by atoms with E-state index in [9.17, 15) is 22.8 Å². The predicted molar refractivity (Wildman–Crippen MR) is 108 cm³/mol. The molecule has 0 bridgehead atoms. The van der Waals surface area contributed by atoms with Gasteiger partial charge in [-0.2, -0.15) is 0 Å². The Morgan fingerprint density at radius 3 is 2.41 bits per heavy atom. The number of imide groups is 1. The monoisotopic (exact) mass is 421 g/mol. The van der Waals surface area contributed by atoms with Crippen molar-refractivity contribution in [3.63, 3.8) is 0 Å². The normalized spacial score (nSPS) is 20.0. The lowest BCUT2D eigenvalue weighted by molar-refractivity contribution is -0.132. The molecule has 2 saturated heterocycles. The van der Waals surface area contributed by atoms with Gasteiger partial charge in [-0.15, -0.1) is 0 Å². The average Bonchev–Trinajstić information content (AvgIpc) is 2.93. The van der Waals surface area contributed by atoms with Gasteiger partial charge in [0.2, 0.25) is 0 Å². The Morgan fingerprint density at radius 2 is 1.79 bits per heavy atom. The molecule has 2 aliphatic rings. The third-order valence-corrected chi connectivity index (χ3v) is 7.20. The van der Waals surface area contributed by atoms with Crippen molar-refractivity contribution >= 4 is 27.7 Å². The van der Waals surface area contributed by atoms with E-state index in [1.807, 2.05) is 0 Å². The second kappa shape index (κ2) is 8.52. The minimum atomic E-state index is -3.15. The molecule has 2 heterocycles. The largest absolute Gasteiger partial charge is 0.352 e. The lowest BCUT2D eigenvalue weighted by atomic mass is 9.92. The second-order valence-corrected chi connectivity index (χ2v) is 10.0. The van der Waals surface area contributed by atoms with Crippen molar-refractivity contribution in [1.29, 1.82) is 0 Å². The number of nitrogens with zero attached hydrogens (tertiary/aromatic N) is 1. The highest BCUT2D eigenvalue weighted by Gasteiger charge is 2.53. The number of carbonyl (C=O) groups is 3. The quantitative estimate of drug-likeness (QED) is 0.513. The molecule has 8 nitrogen and oxygen atoms in total. The van der Waals surface area contributed by atoms with Gasteiger partial charge >= 0.3 is 6.03 Å². The SMILES string of the molecule is CCCCCNC(=O)c1ccc(CN2C(=O)NC3(CCS(=O)(=O)CC3)C2=O)cc1. The van der Waals surface area contributed by atoms with Gasteiger partial charge < -0.3 is 10.6 Å². The molecule has 1 aromatic carbocycles. The summed E-state index contributed by atoms with van der Waals surface area (Å²) >= 11 is 0. The lowest BCUT2D eigenvalue weighted by Crippen LogP contribution is -2.52. The molecule has 0 saturated carbocycles. The van der Waals surface area contributed by atoms with Crippen LogP contribution in [0.5, 0.6) is 0 Å². The van der Waals surface area contributed by atoms with E-state index in [0.29, 0.717) is 12.1 Å². The number of hydrogen-bond donors (Lipinski definition) is 2. The molecule has 0 aliphatic carbocycles. The number of hydrogen-bond acceptors (Lipinski definition) is 5. The Morgan fingerprint density at radius 1 is 1.14 bits per heavy atom. The molecule has 9 heteroatoms. The molecule has 3 rings (SSSR count). The van der Waals surface area contributed by atoms with E-state index in [1.165, 1.54) is 0 Å². The van der Waals surface area contributed by atoms with E-state index in [-0.39, 0.29) is 42.7 Å². The smallest absolute Gasteiger partial charge is 0.325 e. The minimum Gasteiger partial charge on any atom is -0.352 e. The van der Waals surface area contributed by atoms with Crippen LogP contribution < -0.4 is 10.6 Å². The highest BCUT2D eigenvalue weighted by Crippen LogP contribution is 2.31. The van der Waals surface area contributed by atoms with Crippen LogP contribution in [0.4, 0.5) is 4.79 Å². The predicted octanol–water partition coefficient (Wildman–Crippen LogP) is 1.61. The molecular weight excluding hydrogens is 394 g/mol. The van der Waals surface area contributed by atoms with Gasteiger partial charge in [0.25, 0.3) is 11.8 Å². The second-order valence-electron chi connectivity index (χ2n) is 7.72. The highest BCUT2D eigenvalue weighted by atomic mass is 32.2. The standard InChI is InChI=1S/C20H27N3O5S/c1-2-3-4-11-21-17(24)16-7-5-15(6-8-16)14-23-18(25)20(22-19(23)26)9-12-29(27,28)13-10-20/h5-8H,2-4,9-14H2,1H3,(H,21,24)(H,22,26). The Hall–Kier alpha value is -2.42. The first-order chi connectivity index (χ1) is 13.8. The molecule has 4 amide bonds. The number of benzene rings is 1. The summed E-state index contributed by atoms with van der Waals surface area (Å²) in [7, 11) is -3.15. The first-order valence-corrected chi connectivity index (χ1v) is 11.8. The summed E-state index contributed by atoms with van der Waals surface area (Å²) in [4.78, 5) is 38.4. The Balaban J connectivity index is 1.61. The number of rotatable bonds is 7. The van der Waals surface area contributed by atoms with Crippen molar-refractivity contribution in [2.75, 3.05) is 18.1 Å². The minimum absolute atomic E-state index is 0.0809. The first-order valence-electron chi connectivity index (χ1n) is 9.98.